The zero-order valence-electron chi connectivity index (χ0n) is 7.49. The first-order valence-electron chi connectivity index (χ1n) is 4.57. The van der Waals surface area contributed by atoms with Crippen LogP contribution in [0, 0.1) is 11.8 Å². The van der Waals surface area contributed by atoms with Crippen molar-refractivity contribution in [3.05, 3.63) is 0 Å². The van der Waals surface area contributed by atoms with E-state index in [2.05, 4.69) is 0 Å². The van der Waals surface area contributed by atoms with Gasteiger partial charge in [-0.3, -0.25) is 4.79 Å². The van der Waals surface area contributed by atoms with Gasteiger partial charge in [0, 0.05) is 6.42 Å². The average molecular weight is 171 g/mol. The zero-order valence-corrected chi connectivity index (χ0v) is 7.49. The van der Waals surface area contributed by atoms with Gasteiger partial charge in [0.2, 0.25) is 5.91 Å². The van der Waals surface area contributed by atoms with Crippen molar-refractivity contribution < 1.29 is 9.90 Å². The van der Waals surface area contributed by atoms with E-state index in [0.717, 1.165) is 19.3 Å². The molecular weight excluding hydrogens is 154 g/mol. The number of aliphatic hydroxyl groups is 1. The lowest BCUT2D eigenvalue weighted by Gasteiger charge is -2.32. The summed E-state index contributed by atoms with van der Waals surface area (Å²) < 4.78 is 0. The maximum Gasteiger partial charge on any atom is 0.217 e. The minimum Gasteiger partial charge on any atom is -0.393 e. The Morgan fingerprint density at radius 2 is 2.25 bits per heavy atom. The monoisotopic (exact) mass is 171 g/mol. The Hall–Kier alpha value is -0.570. The number of hydrogen-bond donors (Lipinski definition) is 2. The summed E-state index contributed by atoms with van der Waals surface area (Å²) in [4.78, 5) is 10.7. The van der Waals surface area contributed by atoms with Crippen molar-refractivity contribution in [2.75, 3.05) is 0 Å². The molecule has 0 aromatic heterocycles. The molecule has 3 heteroatoms. The summed E-state index contributed by atoms with van der Waals surface area (Å²) in [5.74, 6) is 0.276. The Labute approximate surface area is 72.9 Å². The molecule has 0 radical (unpaired) electrons. The molecule has 0 bridgehead atoms. The second kappa shape index (κ2) is 3.90. The van der Waals surface area contributed by atoms with E-state index >= 15 is 0 Å². The number of carbonyl (C=O) groups is 1. The first kappa shape index (κ1) is 9.52. The minimum atomic E-state index is -0.249. The maximum atomic E-state index is 10.7. The maximum absolute atomic E-state index is 10.7. The molecule has 12 heavy (non-hydrogen) atoms. The average Bonchev–Trinajstić information content (AvgIpc) is 1.98. The van der Waals surface area contributed by atoms with Crippen molar-refractivity contribution >= 4 is 5.91 Å². The predicted octanol–water partition coefficient (Wildman–Crippen LogP) is 0.659. The van der Waals surface area contributed by atoms with Gasteiger partial charge in [-0.15, -0.1) is 0 Å². The lowest BCUT2D eigenvalue weighted by atomic mass is 9.77. The van der Waals surface area contributed by atoms with Crippen molar-refractivity contribution in [2.24, 2.45) is 17.6 Å². The highest BCUT2D eigenvalue weighted by atomic mass is 16.3. The van der Waals surface area contributed by atoms with Crippen LogP contribution in [0.4, 0.5) is 0 Å². The van der Waals surface area contributed by atoms with E-state index in [1.54, 1.807) is 0 Å². The van der Waals surface area contributed by atoms with Gasteiger partial charge in [0.1, 0.15) is 0 Å². The standard InChI is InChI=1S/C9H17NO2/c1-6-7(5-9(10)12)3-2-4-8(6)11/h6-8,11H,2-5H2,1H3,(H2,10,12). The van der Waals surface area contributed by atoms with Crippen molar-refractivity contribution in [3.8, 4) is 0 Å². The number of carbonyl (C=O) groups excluding carboxylic acids is 1. The molecule has 0 spiro atoms. The summed E-state index contributed by atoms with van der Waals surface area (Å²) in [5.41, 5.74) is 5.11. The number of primary amides is 1. The third kappa shape index (κ3) is 2.21. The Kier molecular flexibility index (Phi) is 3.09. The molecule has 3 atom stereocenters. The summed E-state index contributed by atoms with van der Waals surface area (Å²) >= 11 is 0. The number of aliphatic hydroxyl groups excluding tert-OH is 1. The van der Waals surface area contributed by atoms with E-state index < -0.39 is 0 Å². The molecule has 0 saturated heterocycles. The SMILES string of the molecule is CC1C(O)CCCC1CC(N)=O. The van der Waals surface area contributed by atoms with Crippen LogP contribution in [-0.4, -0.2) is 17.1 Å². The summed E-state index contributed by atoms with van der Waals surface area (Å²) in [6.45, 7) is 2.00. The zero-order chi connectivity index (χ0) is 9.14. The van der Waals surface area contributed by atoms with E-state index in [0.29, 0.717) is 12.3 Å². The van der Waals surface area contributed by atoms with Crippen LogP contribution in [0.1, 0.15) is 32.6 Å². The second-order valence-electron chi connectivity index (χ2n) is 3.79. The highest BCUT2D eigenvalue weighted by Crippen LogP contribution is 2.31. The molecule has 1 rings (SSSR count). The summed E-state index contributed by atoms with van der Waals surface area (Å²) in [6.07, 6.45) is 3.11. The molecule has 1 saturated carbocycles. The first-order valence-corrected chi connectivity index (χ1v) is 4.57. The highest BCUT2D eigenvalue weighted by molar-refractivity contribution is 5.74. The molecule has 1 fully saturated rings. The van der Waals surface area contributed by atoms with Crippen LogP contribution in [-0.2, 0) is 4.79 Å². The quantitative estimate of drug-likeness (QED) is 0.641. The Balaban J connectivity index is 2.46. The van der Waals surface area contributed by atoms with Crippen molar-refractivity contribution in [3.63, 3.8) is 0 Å². The van der Waals surface area contributed by atoms with E-state index in [1.807, 2.05) is 6.92 Å². The molecule has 1 aliphatic rings. The lowest BCUT2D eigenvalue weighted by molar-refractivity contribution is -0.120. The largest absolute Gasteiger partial charge is 0.393 e. The second-order valence-corrected chi connectivity index (χ2v) is 3.79. The molecule has 70 valence electrons. The van der Waals surface area contributed by atoms with E-state index in [9.17, 15) is 9.90 Å². The lowest BCUT2D eigenvalue weighted by Crippen LogP contribution is -2.32. The summed E-state index contributed by atoms with van der Waals surface area (Å²) in [5, 5.41) is 9.51. The summed E-state index contributed by atoms with van der Waals surface area (Å²) in [7, 11) is 0. The van der Waals surface area contributed by atoms with Crippen molar-refractivity contribution in [2.45, 2.75) is 38.7 Å². The van der Waals surface area contributed by atoms with Crippen LogP contribution >= 0.6 is 0 Å². The number of amides is 1. The molecule has 1 amide bonds. The summed E-state index contributed by atoms with van der Waals surface area (Å²) in [6, 6.07) is 0. The molecule has 0 aromatic rings. The van der Waals surface area contributed by atoms with Gasteiger partial charge in [0.15, 0.2) is 0 Å². The fourth-order valence-electron chi connectivity index (χ4n) is 1.98. The van der Waals surface area contributed by atoms with Gasteiger partial charge < -0.3 is 10.8 Å². The Bertz CT molecular complexity index is 170. The topological polar surface area (TPSA) is 63.3 Å². The smallest absolute Gasteiger partial charge is 0.217 e. The first-order chi connectivity index (χ1) is 5.61. The fourth-order valence-corrected chi connectivity index (χ4v) is 1.98. The van der Waals surface area contributed by atoms with Crippen molar-refractivity contribution in [1.82, 2.24) is 0 Å². The molecule has 0 aromatic carbocycles. The molecule has 3 N–H and O–H groups in total. The van der Waals surface area contributed by atoms with Gasteiger partial charge in [0.05, 0.1) is 6.10 Å². The van der Waals surface area contributed by atoms with Gasteiger partial charge in [-0.2, -0.15) is 0 Å². The van der Waals surface area contributed by atoms with Crippen LogP contribution < -0.4 is 5.73 Å². The number of hydrogen-bond acceptors (Lipinski definition) is 2. The van der Waals surface area contributed by atoms with E-state index in [-0.39, 0.29) is 17.9 Å². The molecular formula is C9H17NO2. The molecule has 3 nitrogen and oxygen atoms in total. The Morgan fingerprint density at radius 3 is 2.83 bits per heavy atom. The molecule has 3 unspecified atom stereocenters. The van der Waals surface area contributed by atoms with Crippen LogP contribution in [0.2, 0.25) is 0 Å². The van der Waals surface area contributed by atoms with Gasteiger partial charge in [-0.05, 0) is 24.7 Å². The van der Waals surface area contributed by atoms with Gasteiger partial charge in [0.25, 0.3) is 0 Å². The molecule has 1 aliphatic carbocycles. The van der Waals surface area contributed by atoms with Crippen LogP contribution in [0.5, 0.6) is 0 Å². The van der Waals surface area contributed by atoms with Crippen LogP contribution in [0.3, 0.4) is 0 Å². The van der Waals surface area contributed by atoms with E-state index in [1.165, 1.54) is 0 Å². The third-order valence-corrected chi connectivity index (χ3v) is 2.89. The van der Waals surface area contributed by atoms with Gasteiger partial charge >= 0.3 is 0 Å². The highest BCUT2D eigenvalue weighted by Gasteiger charge is 2.29. The van der Waals surface area contributed by atoms with Crippen molar-refractivity contribution in [1.29, 1.82) is 0 Å². The van der Waals surface area contributed by atoms with E-state index in [4.69, 9.17) is 5.73 Å². The van der Waals surface area contributed by atoms with Gasteiger partial charge in [-0.1, -0.05) is 13.3 Å². The van der Waals surface area contributed by atoms with Crippen LogP contribution in [0.25, 0.3) is 0 Å². The fraction of sp³-hybridized carbons (Fsp3) is 0.889. The molecule has 0 aliphatic heterocycles. The Morgan fingerprint density at radius 1 is 1.58 bits per heavy atom. The number of nitrogens with two attached hydrogens (primary N) is 1. The predicted molar refractivity (Wildman–Crippen MR) is 46.3 cm³/mol. The minimum absolute atomic E-state index is 0.228. The third-order valence-electron chi connectivity index (χ3n) is 2.89. The molecule has 0 heterocycles. The van der Waals surface area contributed by atoms with Crippen LogP contribution in [0.15, 0.2) is 0 Å². The van der Waals surface area contributed by atoms with Gasteiger partial charge in [-0.25, -0.2) is 0 Å². The normalized spacial score (nSPS) is 36.3. The number of rotatable bonds is 2.